The molecule has 0 radical (unpaired) electrons. The summed E-state index contributed by atoms with van der Waals surface area (Å²) in [5.41, 5.74) is 0.720. The van der Waals surface area contributed by atoms with Crippen molar-refractivity contribution in [3.05, 3.63) is 29.8 Å². The molecule has 5 nitrogen and oxygen atoms in total. The van der Waals surface area contributed by atoms with E-state index in [0.29, 0.717) is 6.42 Å². The number of alkyl halides is 2. The highest BCUT2D eigenvalue weighted by atomic mass is 19.3. The van der Waals surface area contributed by atoms with Crippen molar-refractivity contribution in [2.75, 3.05) is 0 Å². The van der Waals surface area contributed by atoms with Gasteiger partial charge in [-0.05, 0) is 31.0 Å². The van der Waals surface area contributed by atoms with E-state index in [2.05, 4.69) is 15.4 Å². The predicted molar refractivity (Wildman–Crippen MR) is 70.8 cm³/mol. The van der Waals surface area contributed by atoms with Crippen LogP contribution < -0.4 is 15.4 Å². The molecule has 1 heterocycles. The molecule has 1 aromatic carbocycles. The lowest BCUT2D eigenvalue weighted by Crippen LogP contribution is -2.51. The number of nitrogens with one attached hydrogen (secondary N) is 2. The fourth-order valence-electron chi connectivity index (χ4n) is 2.21. The maximum absolute atomic E-state index is 12.2. The van der Waals surface area contributed by atoms with Crippen molar-refractivity contribution in [3.8, 4) is 5.75 Å². The zero-order valence-corrected chi connectivity index (χ0v) is 11.4. The van der Waals surface area contributed by atoms with Gasteiger partial charge < -0.3 is 4.74 Å². The number of hydrogen-bond acceptors (Lipinski definition) is 4. The van der Waals surface area contributed by atoms with Crippen LogP contribution in [0.3, 0.4) is 0 Å². The largest absolute Gasteiger partial charge is 0.435 e. The van der Waals surface area contributed by atoms with Crippen LogP contribution in [0.5, 0.6) is 5.75 Å². The van der Waals surface area contributed by atoms with Crippen LogP contribution in [0.2, 0.25) is 0 Å². The van der Waals surface area contributed by atoms with Gasteiger partial charge in [-0.1, -0.05) is 12.1 Å². The molecule has 21 heavy (non-hydrogen) atoms. The summed E-state index contributed by atoms with van der Waals surface area (Å²) in [5.74, 6) is -0.574. The fourth-order valence-corrected chi connectivity index (χ4v) is 2.21. The van der Waals surface area contributed by atoms with E-state index in [1.165, 1.54) is 12.1 Å². The quantitative estimate of drug-likeness (QED) is 0.813. The molecule has 1 aliphatic heterocycles. The average Bonchev–Trinajstić information content (AvgIpc) is 2.41. The Morgan fingerprint density at radius 3 is 2.81 bits per heavy atom. The molecule has 2 unspecified atom stereocenters. The molecule has 1 aromatic rings. The van der Waals surface area contributed by atoms with E-state index in [9.17, 15) is 18.4 Å². The molecule has 0 bridgehead atoms. The predicted octanol–water partition coefficient (Wildman–Crippen LogP) is 1.74. The van der Waals surface area contributed by atoms with Gasteiger partial charge in [-0.3, -0.25) is 20.2 Å². The fraction of sp³-hybridized carbons (Fsp3) is 0.429. The Hall–Kier alpha value is -2.02. The standard InChI is InChI=1S/C14H16F2N2O3/c1-8(17-11-5-6-12(19)18-13(11)20)9-3-2-4-10(7-9)21-14(15)16/h2-4,7-8,11,14,17H,5-6H2,1H3,(H,18,19,20). The summed E-state index contributed by atoms with van der Waals surface area (Å²) in [7, 11) is 0. The average molecular weight is 298 g/mol. The normalized spacial score (nSPS) is 20.3. The number of imide groups is 1. The van der Waals surface area contributed by atoms with Crippen LogP contribution in [0.4, 0.5) is 8.78 Å². The van der Waals surface area contributed by atoms with Gasteiger partial charge in [0.25, 0.3) is 0 Å². The molecule has 2 N–H and O–H groups in total. The molecule has 0 spiro atoms. The number of piperidine rings is 1. The topological polar surface area (TPSA) is 67.4 Å². The zero-order valence-electron chi connectivity index (χ0n) is 11.4. The maximum Gasteiger partial charge on any atom is 0.387 e. The summed E-state index contributed by atoms with van der Waals surface area (Å²) < 4.78 is 28.7. The van der Waals surface area contributed by atoms with Crippen molar-refractivity contribution >= 4 is 11.8 Å². The Balaban J connectivity index is 2.01. The summed E-state index contributed by atoms with van der Waals surface area (Å²) in [4.78, 5) is 22.7. The number of hydrogen-bond donors (Lipinski definition) is 2. The molecule has 0 saturated carbocycles. The number of halogens is 2. The molecule has 1 aliphatic rings. The Bertz CT molecular complexity index is 537. The number of benzene rings is 1. The van der Waals surface area contributed by atoms with Gasteiger partial charge in [0.2, 0.25) is 11.8 Å². The molecule has 1 fully saturated rings. The minimum atomic E-state index is -2.88. The molecule has 1 saturated heterocycles. The van der Waals surface area contributed by atoms with Crippen molar-refractivity contribution in [1.29, 1.82) is 0 Å². The molecule has 114 valence electrons. The van der Waals surface area contributed by atoms with E-state index in [1.54, 1.807) is 12.1 Å². The van der Waals surface area contributed by atoms with Gasteiger partial charge in [0, 0.05) is 12.5 Å². The minimum Gasteiger partial charge on any atom is -0.435 e. The third-order valence-electron chi connectivity index (χ3n) is 3.27. The van der Waals surface area contributed by atoms with Crippen LogP contribution in [0.25, 0.3) is 0 Å². The number of carbonyl (C=O) groups excluding carboxylic acids is 2. The summed E-state index contributed by atoms with van der Waals surface area (Å²) in [6.45, 7) is -1.07. The summed E-state index contributed by atoms with van der Waals surface area (Å²) in [5, 5.41) is 5.34. The van der Waals surface area contributed by atoms with E-state index in [4.69, 9.17) is 0 Å². The van der Waals surface area contributed by atoms with E-state index < -0.39 is 12.7 Å². The Morgan fingerprint density at radius 1 is 1.38 bits per heavy atom. The molecule has 2 atom stereocenters. The molecular formula is C14H16F2N2O3. The number of rotatable bonds is 5. The lowest BCUT2D eigenvalue weighted by molar-refractivity contribution is -0.134. The molecule has 0 aromatic heterocycles. The monoisotopic (exact) mass is 298 g/mol. The van der Waals surface area contributed by atoms with E-state index in [1.807, 2.05) is 6.92 Å². The highest BCUT2D eigenvalue weighted by Crippen LogP contribution is 2.21. The summed E-state index contributed by atoms with van der Waals surface area (Å²) in [6.07, 6.45) is 0.701. The Labute approximate surface area is 120 Å². The Kier molecular flexibility index (Phi) is 4.85. The highest BCUT2D eigenvalue weighted by Gasteiger charge is 2.27. The van der Waals surface area contributed by atoms with E-state index >= 15 is 0 Å². The molecule has 7 heteroatoms. The van der Waals surface area contributed by atoms with Crippen LogP contribution in [-0.2, 0) is 9.59 Å². The van der Waals surface area contributed by atoms with Gasteiger partial charge >= 0.3 is 6.61 Å². The Morgan fingerprint density at radius 2 is 2.14 bits per heavy atom. The van der Waals surface area contributed by atoms with E-state index in [-0.39, 0.29) is 30.0 Å². The third-order valence-corrected chi connectivity index (χ3v) is 3.27. The van der Waals surface area contributed by atoms with Crippen molar-refractivity contribution in [1.82, 2.24) is 10.6 Å². The first-order valence-electron chi connectivity index (χ1n) is 6.60. The number of ether oxygens (including phenoxy) is 1. The SMILES string of the molecule is CC(NC1CCC(=O)NC1=O)c1cccc(OC(F)F)c1. The minimum absolute atomic E-state index is 0.0689. The number of carbonyl (C=O) groups is 2. The van der Waals surface area contributed by atoms with Crippen LogP contribution in [0, 0.1) is 0 Å². The third kappa shape index (κ3) is 4.22. The highest BCUT2D eigenvalue weighted by molar-refractivity contribution is 6.00. The van der Waals surface area contributed by atoms with Crippen molar-refractivity contribution in [3.63, 3.8) is 0 Å². The number of amides is 2. The van der Waals surface area contributed by atoms with Crippen molar-refractivity contribution < 1.29 is 23.1 Å². The van der Waals surface area contributed by atoms with Gasteiger partial charge in [-0.15, -0.1) is 0 Å². The van der Waals surface area contributed by atoms with Gasteiger partial charge in [0.1, 0.15) is 5.75 Å². The summed E-state index contributed by atoms with van der Waals surface area (Å²) >= 11 is 0. The van der Waals surface area contributed by atoms with Gasteiger partial charge in [-0.2, -0.15) is 8.78 Å². The van der Waals surface area contributed by atoms with Crippen LogP contribution >= 0.6 is 0 Å². The second kappa shape index (κ2) is 6.62. The van der Waals surface area contributed by atoms with Crippen LogP contribution in [0.15, 0.2) is 24.3 Å². The second-order valence-electron chi connectivity index (χ2n) is 4.84. The first-order valence-corrected chi connectivity index (χ1v) is 6.60. The van der Waals surface area contributed by atoms with Crippen LogP contribution in [-0.4, -0.2) is 24.5 Å². The summed E-state index contributed by atoms with van der Waals surface area (Å²) in [6, 6.07) is 5.58. The smallest absolute Gasteiger partial charge is 0.387 e. The lowest BCUT2D eigenvalue weighted by atomic mass is 10.0. The molecule has 2 amide bonds. The molecule has 0 aliphatic carbocycles. The zero-order chi connectivity index (χ0) is 15.4. The first kappa shape index (κ1) is 15.4. The lowest BCUT2D eigenvalue weighted by Gasteiger charge is -2.25. The first-order chi connectivity index (χ1) is 9.95. The van der Waals surface area contributed by atoms with Gasteiger partial charge in [0.05, 0.1) is 6.04 Å². The maximum atomic E-state index is 12.2. The molecular weight excluding hydrogens is 282 g/mol. The van der Waals surface area contributed by atoms with Crippen molar-refractivity contribution in [2.45, 2.75) is 38.5 Å². The van der Waals surface area contributed by atoms with Gasteiger partial charge in [0.15, 0.2) is 0 Å². The second-order valence-corrected chi connectivity index (χ2v) is 4.84. The van der Waals surface area contributed by atoms with Crippen LogP contribution in [0.1, 0.15) is 31.4 Å². The van der Waals surface area contributed by atoms with Crippen molar-refractivity contribution in [2.24, 2.45) is 0 Å². The molecule has 2 rings (SSSR count). The van der Waals surface area contributed by atoms with E-state index in [0.717, 1.165) is 5.56 Å². The van der Waals surface area contributed by atoms with Gasteiger partial charge in [-0.25, -0.2) is 0 Å².